The van der Waals surface area contributed by atoms with E-state index in [1.165, 1.54) is 34.6 Å². The Bertz CT molecular complexity index is 818. The van der Waals surface area contributed by atoms with E-state index in [-0.39, 0.29) is 21.4 Å². The number of carboxylic acids is 1. The number of carbonyl (C=O) groups excluding carboxylic acids is 1. The van der Waals surface area contributed by atoms with Gasteiger partial charge in [-0.05, 0) is 12.1 Å². The van der Waals surface area contributed by atoms with E-state index in [9.17, 15) is 14.7 Å². The van der Waals surface area contributed by atoms with Crippen LogP contribution in [0, 0.1) is 0 Å². The predicted molar refractivity (Wildman–Crippen MR) is 95.8 cm³/mol. The molecule has 122 valence electrons. The summed E-state index contributed by atoms with van der Waals surface area (Å²) in [7, 11) is 0. The summed E-state index contributed by atoms with van der Waals surface area (Å²) in [4.78, 5) is 29.8. The number of aliphatic carboxylic acids is 1. The van der Waals surface area contributed by atoms with Crippen LogP contribution in [0.25, 0.3) is 10.6 Å². The molecular weight excluding hydrogens is 364 g/mol. The quantitative estimate of drug-likeness (QED) is 0.824. The molecule has 4 rings (SSSR count). The maximum Gasteiger partial charge on any atom is 0.335 e. The zero-order chi connectivity index (χ0) is 16.7. The maximum atomic E-state index is 11.5. The van der Waals surface area contributed by atoms with Gasteiger partial charge in [-0.3, -0.25) is 4.79 Å². The first-order valence-electron chi connectivity index (χ1n) is 7.20. The van der Waals surface area contributed by atoms with Gasteiger partial charge in [-0.1, -0.05) is 12.1 Å². The lowest BCUT2D eigenvalue weighted by Gasteiger charge is -2.43. The summed E-state index contributed by atoms with van der Waals surface area (Å²) in [6.45, 7) is 0. The molecule has 0 bridgehead atoms. The zero-order valence-corrected chi connectivity index (χ0v) is 14.7. The molecule has 2 aliphatic heterocycles. The van der Waals surface area contributed by atoms with E-state index >= 15 is 0 Å². The van der Waals surface area contributed by atoms with Crippen molar-refractivity contribution in [3.05, 3.63) is 47.6 Å². The first kappa shape index (κ1) is 15.7. The van der Waals surface area contributed by atoms with Gasteiger partial charge in [0, 0.05) is 28.2 Å². The number of thioether (sulfide) groups is 2. The van der Waals surface area contributed by atoms with Crippen molar-refractivity contribution >= 4 is 46.7 Å². The van der Waals surface area contributed by atoms with Crippen LogP contribution in [0.3, 0.4) is 0 Å². The van der Waals surface area contributed by atoms with Crippen LogP contribution in [-0.2, 0) is 9.59 Å². The Hall–Kier alpha value is -1.77. The van der Waals surface area contributed by atoms with Crippen LogP contribution in [0.4, 0.5) is 0 Å². The molecule has 0 aliphatic carbocycles. The smallest absolute Gasteiger partial charge is 0.335 e. The lowest BCUT2D eigenvalue weighted by atomic mass is 10.2. The third-order valence-corrected chi connectivity index (χ3v) is 7.45. The Labute approximate surface area is 150 Å². The molecule has 24 heavy (non-hydrogen) atoms. The van der Waals surface area contributed by atoms with Gasteiger partial charge >= 0.3 is 5.97 Å². The summed E-state index contributed by atoms with van der Waals surface area (Å²) in [5.74, 6) is -0.986. The lowest BCUT2D eigenvalue weighted by molar-refractivity contribution is -0.137. The van der Waals surface area contributed by atoms with Gasteiger partial charge in [-0.25, -0.2) is 9.78 Å². The Morgan fingerprint density at radius 2 is 2.12 bits per heavy atom. The summed E-state index contributed by atoms with van der Waals surface area (Å²) in [6.07, 6.45) is 3.75. The van der Waals surface area contributed by atoms with Gasteiger partial charge in [0.05, 0.1) is 21.9 Å². The maximum absolute atomic E-state index is 11.5. The average molecular weight is 376 g/mol. The molecule has 0 saturated carbocycles. The SMILES string of the molecule is O=C(O)C1=CN2C(=O)C[C@H]2SC1Sc1ccc(-c2nccs2)cc1. The second-order valence-corrected chi connectivity index (χ2v) is 8.96. The van der Waals surface area contributed by atoms with E-state index in [2.05, 4.69) is 4.98 Å². The van der Waals surface area contributed by atoms with Crippen molar-refractivity contribution in [1.82, 2.24) is 9.88 Å². The van der Waals surface area contributed by atoms with E-state index < -0.39 is 5.97 Å². The molecule has 5 nitrogen and oxygen atoms in total. The van der Waals surface area contributed by atoms with E-state index in [4.69, 9.17) is 0 Å². The number of carboxylic acid groups (broad SMARTS) is 1. The fraction of sp³-hybridized carbons (Fsp3) is 0.188. The third-order valence-electron chi connectivity index (χ3n) is 3.78. The van der Waals surface area contributed by atoms with E-state index in [1.54, 1.807) is 17.5 Å². The molecule has 1 unspecified atom stereocenters. The van der Waals surface area contributed by atoms with Crippen molar-refractivity contribution in [3.8, 4) is 10.6 Å². The van der Waals surface area contributed by atoms with E-state index in [0.29, 0.717) is 6.42 Å². The topological polar surface area (TPSA) is 70.5 Å². The molecule has 1 aromatic heterocycles. The minimum absolute atomic E-state index is 0.0116. The highest BCUT2D eigenvalue weighted by atomic mass is 32.2. The van der Waals surface area contributed by atoms with Gasteiger partial charge in [0.1, 0.15) is 5.01 Å². The number of β-lactam (4-membered cyclic amide) rings is 1. The van der Waals surface area contributed by atoms with Gasteiger partial charge in [-0.2, -0.15) is 0 Å². The minimum atomic E-state index is -0.974. The van der Waals surface area contributed by atoms with Crippen molar-refractivity contribution in [3.63, 3.8) is 0 Å². The van der Waals surface area contributed by atoms with Gasteiger partial charge in [0.25, 0.3) is 0 Å². The molecule has 2 aliphatic rings. The normalized spacial score (nSPS) is 22.6. The Morgan fingerprint density at radius 3 is 2.75 bits per heavy atom. The molecule has 1 amide bonds. The molecule has 2 atom stereocenters. The first-order valence-corrected chi connectivity index (χ1v) is 9.90. The van der Waals surface area contributed by atoms with Gasteiger partial charge in [0.15, 0.2) is 0 Å². The zero-order valence-electron chi connectivity index (χ0n) is 12.3. The standard InChI is InChI=1S/C16H12N2O3S3/c19-12-7-13-18(12)8-11(15(20)21)16(24-13)23-10-3-1-9(2-4-10)14-17-5-6-22-14/h1-6,8,13,16H,7H2,(H,20,21)/t13-,16?/m1/s1. The highest BCUT2D eigenvalue weighted by molar-refractivity contribution is 8.17. The number of rotatable bonds is 4. The van der Waals surface area contributed by atoms with E-state index in [1.807, 2.05) is 29.6 Å². The largest absolute Gasteiger partial charge is 0.478 e. The second kappa shape index (κ2) is 6.27. The van der Waals surface area contributed by atoms with Crippen LogP contribution < -0.4 is 0 Å². The number of thiazole rings is 1. The highest BCUT2D eigenvalue weighted by Crippen LogP contribution is 2.46. The summed E-state index contributed by atoms with van der Waals surface area (Å²) >= 11 is 4.62. The highest BCUT2D eigenvalue weighted by Gasteiger charge is 2.43. The van der Waals surface area contributed by atoms with Crippen molar-refractivity contribution in [2.75, 3.05) is 0 Å². The molecule has 8 heteroatoms. The third kappa shape index (κ3) is 2.85. The first-order chi connectivity index (χ1) is 11.6. The van der Waals surface area contributed by atoms with Gasteiger partial charge in [-0.15, -0.1) is 34.9 Å². The molecule has 0 spiro atoms. The second-order valence-electron chi connectivity index (χ2n) is 5.30. The number of benzene rings is 1. The number of hydrogen-bond acceptors (Lipinski definition) is 6. The molecule has 1 fully saturated rings. The van der Waals surface area contributed by atoms with Crippen LogP contribution in [0.5, 0.6) is 0 Å². The molecule has 0 radical (unpaired) electrons. The summed E-state index contributed by atoms with van der Waals surface area (Å²) < 4.78 is -0.220. The Morgan fingerprint density at radius 1 is 1.33 bits per heavy atom. The van der Waals surface area contributed by atoms with Crippen molar-refractivity contribution in [1.29, 1.82) is 0 Å². The van der Waals surface area contributed by atoms with Gasteiger partial charge in [0.2, 0.25) is 5.91 Å². The van der Waals surface area contributed by atoms with Crippen molar-refractivity contribution < 1.29 is 14.7 Å². The minimum Gasteiger partial charge on any atom is -0.478 e. The van der Waals surface area contributed by atoms with Crippen LogP contribution in [-0.4, -0.2) is 36.8 Å². The monoisotopic (exact) mass is 376 g/mol. The molecule has 1 aromatic carbocycles. The van der Waals surface area contributed by atoms with Crippen LogP contribution >= 0.6 is 34.9 Å². The van der Waals surface area contributed by atoms with Crippen LogP contribution in [0.2, 0.25) is 0 Å². The Kier molecular flexibility index (Phi) is 4.11. The molecular formula is C16H12N2O3S3. The average Bonchev–Trinajstić information content (AvgIpc) is 3.09. The summed E-state index contributed by atoms with van der Waals surface area (Å²) in [6, 6.07) is 7.97. The number of amides is 1. The number of nitrogens with zero attached hydrogens (tertiary/aromatic N) is 2. The van der Waals surface area contributed by atoms with Crippen molar-refractivity contribution in [2.24, 2.45) is 0 Å². The predicted octanol–water partition coefficient (Wildman–Crippen LogP) is 3.50. The fourth-order valence-electron chi connectivity index (χ4n) is 2.51. The molecule has 2 aromatic rings. The molecule has 3 heterocycles. The summed E-state index contributed by atoms with van der Waals surface area (Å²) in [5.41, 5.74) is 1.31. The Balaban J connectivity index is 1.53. The van der Waals surface area contributed by atoms with E-state index in [0.717, 1.165) is 15.5 Å². The molecule has 1 N–H and O–H groups in total. The fourth-order valence-corrected chi connectivity index (χ4v) is 6.07. The lowest BCUT2D eigenvalue weighted by Crippen LogP contribution is -2.50. The summed E-state index contributed by atoms with van der Waals surface area (Å²) in [5, 5.41) is 12.4. The number of hydrogen-bond donors (Lipinski definition) is 1. The van der Waals surface area contributed by atoms with Gasteiger partial charge < -0.3 is 10.0 Å². The number of fused-ring (bicyclic) bond motifs is 1. The van der Waals surface area contributed by atoms with Crippen molar-refractivity contribution in [2.45, 2.75) is 21.3 Å². The van der Waals surface area contributed by atoms with Crippen LogP contribution in [0.1, 0.15) is 6.42 Å². The van der Waals surface area contributed by atoms with Crippen LogP contribution in [0.15, 0.2) is 52.5 Å². The number of carbonyl (C=O) groups is 2. The molecule has 1 saturated heterocycles. The number of aromatic nitrogens is 1.